The first-order chi connectivity index (χ1) is 12.8. The quantitative estimate of drug-likeness (QED) is 0.308. The van der Waals surface area contributed by atoms with Crippen molar-refractivity contribution in [2.75, 3.05) is 17.4 Å². The molecule has 0 unspecified atom stereocenters. The molecule has 0 radical (unpaired) electrons. The Hall–Kier alpha value is -1.78. The van der Waals surface area contributed by atoms with Crippen molar-refractivity contribution in [2.45, 2.75) is 11.4 Å². The zero-order chi connectivity index (χ0) is 18.2. The zero-order valence-corrected chi connectivity index (χ0v) is 16.5. The predicted molar refractivity (Wildman–Crippen MR) is 113 cm³/mol. The first kappa shape index (κ1) is 19.0. The van der Waals surface area contributed by atoms with Crippen molar-refractivity contribution in [3.05, 3.63) is 59.5 Å². The number of hydrogen-bond acceptors (Lipinski definition) is 6. The number of nitriles is 1. The molecule has 132 valence electrons. The standard InChI is InChI=1S/C20H18N2OS3/c21-13-17-16(15-6-2-1-3-7-15)12-18(19-8-4-11-25-19)22-20(17)26-14-24-10-5-9-23/h1-4,6-8,11-12,23H,5,9-10,14H2. The molecule has 0 saturated carbocycles. The van der Waals surface area contributed by atoms with Gasteiger partial charge in [0, 0.05) is 17.3 Å². The summed E-state index contributed by atoms with van der Waals surface area (Å²) < 4.78 is 0. The van der Waals surface area contributed by atoms with Crippen LogP contribution in [-0.4, -0.2) is 27.5 Å². The highest BCUT2D eigenvalue weighted by Crippen LogP contribution is 2.36. The van der Waals surface area contributed by atoms with E-state index in [4.69, 9.17) is 10.1 Å². The molecule has 0 spiro atoms. The maximum absolute atomic E-state index is 9.78. The minimum Gasteiger partial charge on any atom is -0.396 e. The fraction of sp³-hybridized carbons (Fsp3) is 0.200. The average molecular weight is 399 g/mol. The number of hydrogen-bond donors (Lipinski definition) is 1. The van der Waals surface area contributed by atoms with Gasteiger partial charge in [0.25, 0.3) is 0 Å². The van der Waals surface area contributed by atoms with Crippen molar-refractivity contribution in [1.29, 1.82) is 5.26 Å². The van der Waals surface area contributed by atoms with Gasteiger partial charge in [0.15, 0.2) is 0 Å². The number of nitrogens with zero attached hydrogens (tertiary/aromatic N) is 2. The molecular formula is C20H18N2OS3. The van der Waals surface area contributed by atoms with Crippen molar-refractivity contribution in [3.63, 3.8) is 0 Å². The first-order valence-electron chi connectivity index (χ1n) is 8.19. The number of aromatic nitrogens is 1. The van der Waals surface area contributed by atoms with Crippen molar-refractivity contribution < 1.29 is 5.11 Å². The van der Waals surface area contributed by atoms with Crippen LogP contribution in [-0.2, 0) is 0 Å². The maximum Gasteiger partial charge on any atom is 0.116 e. The van der Waals surface area contributed by atoms with Crippen LogP contribution >= 0.6 is 34.9 Å². The highest BCUT2D eigenvalue weighted by atomic mass is 32.2. The summed E-state index contributed by atoms with van der Waals surface area (Å²) in [6.45, 7) is 0.214. The van der Waals surface area contributed by atoms with Gasteiger partial charge in [0.1, 0.15) is 11.1 Å². The molecule has 0 aliphatic carbocycles. The Bertz CT molecular complexity index is 874. The van der Waals surface area contributed by atoms with Crippen LogP contribution in [0.15, 0.2) is 58.9 Å². The van der Waals surface area contributed by atoms with E-state index in [0.717, 1.165) is 44.0 Å². The van der Waals surface area contributed by atoms with E-state index in [2.05, 4.69) is 12.1 Å². The van der Waals surface area contributed by atoms with Gasteiger partial charge in [-0.2, -0.15) is 17.0 Å². The monoisotopic (exact) mass is 398 g/mol. The number of pyridine rings is 1. The SMILES string of the molecule is N#Cc1c(-c2ccccc2)cc(-c2cccs2)nc1SCSCCCO. The fourth-order valence-electron chi connectivity index (χ4n) is 2.45. The molecule has 6 heteroatoms. The Morgan fingerprint density at radius 1 is 1.15 bits per heavy atom. The molecule has 1 aromatic carbocycles. The highest BCUT2D eigenvalue weighted by Gasteiger charge is 2.16. The van der Waals surface area contributed by atoms with Crippen LogP contribution in [0.3, 0.4) is 0 Å². The van der Waals surface area contributed by atoms with Gasteiger partial charge >= 0.3 is 0 Å². The number of rotatable bonds is 8. The number of thioether (sulfide) groups is 2. The molecule has 0 fully saturated rings. The van der Waals surface area contributed by atoms with E-state index in [1.807, 2.05) is 47.8 Å². The van der Waals surface area contributed by atoms with Gasteiger partial charge in [-0.1, -0.05) is 48.2 Å². The first-order valence-corrected chi connectivity index (χ1v) is 11.2. The zero-order valence-electron chi connectivity index (χ0n) is 14.1. The summed E-state index contributed by atoms with van der Waals surface area (Å²) in [5.74, 6) is 0.904. The van der Waals surface area contributed by atoms with Gasteiger partial charge < -0.3 is 5.11 Å². The van der Waals surface area contributed by atoms with Gasteiger partial charge in [-0.25, -0.2) is 4.98 Å². The number of benzene rings is 1. The van der Waals surface area contributed by atoms with Crippen LogP contribution in [0.5, 0.6) is 0 Å². The van der Waals surface area contributed by atoms with Gasteiger partial charge in [0.05, 0.1) is 16.1 Å². The van der Waals surface area contributed by atoms with Crippen LogP contribution in [0.1, 0.15) is 12.0 Å². The molecule has 0 saturated heterocycles. The third kappa shape index (κ3) is 4.68. The van der Waals surface area contributed by atoms with Gasteiger partial charge in [-0.15, -0.1) is 11.3 Å². The van der Waals surface area contributed by atoms with Crippen molar-refractivity contribution in [3.8, 4) is 27.8 Å². The Kier molecular flexibility index (Phi) is 7.15. The van der Waals surface area contributed by atoms with Crippen LogP contribution in [0.25, 0.3) is 21.7 Å². The lowest BCUT2D eigenvalue weighted by Crippen LogP contribution is -1.95. The third-order valence-electron chi connectivity index (χ3n) is 3.68. The normalized spacial score (nSPS) is 10.6. The average Bonchev–Trinajstić information content (AvgIpc) is 3.22. The molecule has 3 rings (SSSR count). The second-order valence-corrected chi connectivity index (χ2v) is 8.82. The summed E-state index contributed by atoms with van der Waals surface area (Å²) in [7, 11) is 0. The molecule has 0 amide bonds. The van der Waals surface area contributed by atoms with Crippen molar-refractivity contribution in [2.24, 2.45) is 0 Å². The van der Waals surface area contributed by atoms with Crippen LogP contribution in [0.2, 0.25) is 0 Å². The van der Waals surface area contributed by atoms with E-state index >= 15 is 0 Å². The van der Waals surface area contributed by atoms with E-state index < -0.39 is 0 Å². The molecule has 0 atom stereocenters. The summed E-state index contributed by atoms with van der Waals surface area (Å²) in [6, 6.07) is 18.4. The molecule has 1 N–H and O–H groups in total. The molecular weight excluding hydrogens is 380 g/mol. The Labute approximate surface area is 166 Å². The second-order valence-electron chi connectivity index (χ2n) is 5.44. The van der Waals surface area contributed by atoms with E-state index in [9.17, 15) is 5.26 Å². The molecule has 0 aliphatic heterocycles. The van der Waals surface area contributed by atoms with Gasteiger partial charge in [-0.05, 0) is 35.2 Å². The molecule has 3 aromatic rings. The largest absolute Gasteiger partial charge is 0.396 e. The Balaban J connectivity index is 1.98. The van der Waals surface area contributed by atoms with E-state index in [-0.39, 0.29) is 6.61 Å². The minimum atomic E-state index is 0.214. The minimum absolute atomic E-state index is 0.214. The molecule has 26 heavy (non-hydrogen) atoms. The molecule has 3 nitrogen and oxygen atoms in total. The summed E-state index contributed by atoms with van der Waals surface area (Å²) in [6.07, 6.45) is 0.786. The lowest BCUT2D eigenvalue weighted by atomic mass is 10.0. The van der Waals surface area contributed by atoms with Crippen LogP contribution in [0.4, 0.5) is 0 Å². The molecule has 2 aromatic heterocycles. The second kappa shape index (κ2) is 9.79. The lowest BCUT2D eigenvalue weighted by Gasteiger charge is -2.11. The van der Waals surface area contributed by atoms with Crippen LogP contribution in [0, 0.1) is 11.3 Å². The smallest absolute Gasteiger partial charge is 0.116 e. The number of aliphatic hydroxyl groups excluding tert-OH is 1. The third-order valence-corrected chi connectivity index (χ3v) is 6.86. The summed E-state index contributed by atoms with van der Waals surface area (Å²) in [5, 5.41) is 22.3. The fourth-order valence-corrected chi connectivity index (χ4v) is 5.19. The summed E-state index contributed by atoms with van der Waals surface area (Å²) >= 11 is 5.00. The Morgan fingerprint density at radius 2 is 2.00 bits per heavy atom. The van der Waals surface area contributed by atoms with E-state index in [0.29, 0.717) is 5.56 Å². The van der Waals surface area contributed by atoms with Gasteiger partial charge in [0.2, 0.25) is 0 Å². The summed E-state index contributed by atoms with van der Waals surface area (Å²) in [5.41, 5.74) is 3.48. The topological polar surface area (TPSA) is 56.9 Å². The van der Waals surface area contributed by atoms with Crippen molar-refractivity contribution in [1.82, 2.24) is 4.98 Å². The van der Waals surface area contributed by atoms with Gasteiger partial charge in [-0.3, -0.25) is 0 Å². The summed E-state index contributed by atoms with van der Waals surface area (Å²) in [4.78, 5) is 5.88. The lowest BCUT2D eigenvalue weighted by molar-refractivity contribution is 0.296. The Morgan fingerprint density at radius 3 is 2.69 bits per heavy atom. The maximum atomic E-state index is 9.78. The van der Waals surface area contributed by atoms with Crippen molar-refractivity contribution >= 4 is 34.9 Å². The molecule has 0 aliphatic rings. The van der Waals surface area contributed by atoms with E-state index in [1.54, 1.807) is 34.9 Å². The molecule has 2 heterocycles. The highest BCUT2D eigenvalue weighted by molar-refractivity contribution is 8.15. The number of thiophene rings is 1. The molecule has 0 bridgehead atoms. The number of aliphatic hydroxyl groups is 1. The van der Waals surface area contributed by atoms with E-state index in [1.165, 1.54) is 0 Å². The van der Waals surface area contributed by atoms with Crippen LogP contribution < -0.4 is 0 Å². The predicted octanol–water partition coefficient (Wildman–Crippen LogP) is 5.51.